The number of methoxy groups -OCH3 is 1. The minimum atomic E-state index is -0.0856. The number of benzene rings is 2. The molecular weight excluding hydrogens is 388 g/mol. The Bertz CT molecular complexity index is 1430. The number of aryl methyl sites for hydroxylation is 1. The van der Waals surface area contributed by atoms with Gasteiger partial charge in [0, 0.05) is 18.0 Å². The first kappa shape index (κ1) is 19.1. The molecule has 0 aliphatic carbocycles. The lowest BCUT2D eigenvalue weighted by Crippen LogP contribution is -2.21. The molecule has 6 heteroatoms. The van der Waals surface area contributed by atoms with Crippen LogP contribution in [0.5, 0.6) is 5.75 Å². The van der Waals surface area contributed by atoms with Crippen LogP contribution in [0, 0.1) is 0 Å². The number of hydrogen-bond donors (Lipinski definition) is 0. The molecule has 0 saturated heterocycles. The van der Waals surface area contributed by atoms with E-state index >= 15 is 0 Å². The smallest absolute Gasteiger partial charge is 0.261 e. The molecule has 31 heavy (non-hydrogen) atoms. The van der Waals surface area contributed by atoms with Crippen molar-refractivity contribution in [1.82, 2.24) is 19.2 Å². The third-order valence-electron chi connectivity index (χ3n) is 5.57. The zero-order chi connectivity index (χ0) is 21.4. The third-order valence-corrected chi connectivity index (χ3v) is 5.57. The summed E-state index contributed by atoms with van der Waals surface area (Å²) in [7, 11) is 1.64. The normalized spacial score (nSPS) is 11.3. The predicted octanol–water partition coefficient (Wildman–Crippen LogP) is 4.33. The second kappa shape index (κ2) is 7.72. The number of rotatable bonds is 5. The third kappa shape index (κ3) is 3.26. The van der Waals surface area contributed by atoms with Gasteiger partial charge in [-0.2, -0.15) is 5.10 Å². The number of aromatic nitrogens is 4. The van der Waals surface area contributed by atoms with E-state index in [1.807, 2.05) is 54.7 Å². The zero-order valence-electron chi connectivity index (χ0n) is 17.4. The van der Waals surface area contributed by atoms with E-state index in [2.05, 4.69) is 24.0 Å². The first-order valence-electron chi connectivity index (χ1n) is 10.3. The average Bonchev–Trinajstić information content (AvgIpc) is 3.21. The minimum absolute atomic E-state index is 0.0856. The lowest BCUT2D eigenvalue weighted by Gasteiger charge is -2.09. The van der Waals surface area contributed by atoms with Gasteiger partial charge in [-0.3, -0.25) is 4.79 Å². The number of pyridine rings is 1. The van der Waals surface area contributed by atoms with Crippen molar-refractivity contribution in [3.05, 3.63) is 94.7 Å². The highest BCUT2D eigenvalue weighted by atomic mass is 16.5. The summed E-state index contributed by atoms with van der Waals surface area (Å²) >= 11 is 0. The van der Waals surface area contributed by atoms with Gasteiger partial charge in [0.2, 0.25) is 0 Å². The first-order valence-corrected chi connectivity index (χ1v) is 10.3. The molecule has 0 saturated carbocycles. The summed E-state index contributed by atoms with van der Waals surface area (Å²) in [6.45, 7) is 2.56. The highest BCUT2D eigenvalue weighted by molar-refractivity contribution is 5.86. The molecule has 3 aromatic heterocycles. The van der Waals surface area contributed by atoms with E-state index in [1.165, 1.54) is 0 Å². The Hall–Kier alpha value is -3.93. The summed E-state index contributed by atoms with van der Waals surface area (Å²) in [4.78, 5) is 17.8. The number of hydrogen-bond acceptors (Lipinski definition) is 4. The molecule has 2 aromatic carbocycles. The molecule has 0 atom stereocenters. The number of nitrogens with zero attached hydrogens (tertiary/aromatic N) is 4. The van der Waals surface area contributed by atoms with Gasteiger partial charge in [-0.15, -0.1) is 0 Å². The van der Waals surface area contributed by atoms with Crippen molar-refractivity contribution >= 4 is 16.6 Å². The van der Waals surface area contributed by atoms with E-state index in [9.17, 15) is 4.79 Å². The van der Waals surface area contributed by atoms with Crippen LogP contribution in [0.1, 0.15) is 18.2 Å². The van der Waals surface area contributed by atoms with Crippen LogP contribution in [-0.2, 0) is 13.0 Å². The molecule has 0 fully saturated rings. The fraction of sp³-hybridized carbons (Fsp3) is 0.160. The minimum Gasteiger partial charge on any atom is -0.497 e. The lowest BCUT2D eigenvalue weighted by molar-refractivity contribution is 0.414. The summed E-state index contributed by atoms with van der Waals surface area (Å²) in [5, 5.41) is 5.35. The molecule has 154 valence electrons. The van der Waals surface area contributed by atoms with Crippen LogP contribution in [-0.4, -0.2) is 26.3 Å². The summed E-state index contributed by atoms with van der Waals surface area (Å²) in [6.07, 6.45) is 4.28. The van der Waals surface area contributed by atoms with Gasteiger partial charge in [-0.25, -0.2) is 9.50 Å². The second-order valence-electron chi connectivity index (χ2n) is 7.43. The van der Waals surface area contributed by atoms with Crippen molar-refractivity contribution in [3.8, 4) is 16.9 Å². The summed E-state index contributed by atoms with van der Waals surface area (Å²) < 4.78 is 8.70. The molecular formula is C25H22N4O2. The first-order chi connectivity index (χ1) is 15.2. The Labute approximate surface area is 179 Å². The van der Waals surface area contributed by atoms with Crippen molar-refractivity contribution in [1.29, 1.82) is 0 Å². The summed E-state index contributed by atoms with van der Waals surface area (Å²) in [5.41, 5.74) is 5.53. The molecule has 0 aliphatic heterocycles. The van der Waals surface area contributed by atoms with Crippen LogP contribution in [0.25, 0.3) is 27.7 Å². The maximum Gasteiger partial charge on any atom is 0.261 e. The molecule has 0 radical (unpaired) electrons. The Morgan fingerprint density at radius 2 is 1.77 bits per heavy atom. The molecule has 0 unspecified atom stereocenters. The van der Waals surface area contributed by atoms with Crippen molar-refractivity contribution < 1.29 is 4.74 Å². The van der Waals surface area contributed by atoms with Crippen molar-refractivity contribution in [3.63, 3.8) is 0 Å². The average molecular weight is 410 g/mol. The van der Waals surface area contributed by atoms with Crippen molar-refractivity contribution in [2.24, 2.45) is 0 Å². The van der Waals surface area contributed by atoms with Crippen LogP contribution >= 0.6 is 0 Å². The van der Waals surface area contributed by atoms with E-state index in [0.29, 0.717) is 11.9 Å². The number of fused-ring (bicyclic) bond motifs is 3. The number of ether oxygens (including phenoxy) is 1. The van der Waals surface area contributed by atoms with Crippen LogP contribution in [0.4, 0.5) is 0 Å². The van der Waals surface area contributed by atoms with Crippen LogP contribution in [0.15, 0.2) is 77.9 Å². The fourth-order valence-electron chi connectivity index (χ4n) is 3.95. The van der Waals surface area contributed by atoms with Crippen molar-refractivity contribution in [2.75, 3.05) is 7.11 Å². The van der Waals surface area contributed by atoms with Crippen LogP contribution in [0.3, 0.4) is 0 Å². The molecule has 0 amide bonds. The largest absolute Gasteiger partial charge is 0.497 e. The van der Waals surface area contributed by atoms with Gasteiger partial charge in [-0.05, 0) is 35.7 Å². The Morgan fingerprint density at radius 3 is 2.48 bits per heavy atom. The highest BCUT2D eigenvalue weighted by Gasteiger charge is 2.17. The van der Waals surface area contributed by atoms with Gasteiger partial charge in [0.1, 0.15) is 5.75 Å². The van der Waals surface area contributed by atoms with Gasteiger partial charge in [0.15, 0.2) is 5.65 Å². The molecule has 3 heterocycles. The molecule has 0 N–H and O–H groups in total. The highest BCUT2D eigenvalue weighted by Crippen LogP contribution is 2.29. The summed E-state index contributed by atoms with van der Waals surface area (Å²) in [6, 6.07) is 19.8. The van der Waals surface area contributed by atoms with Crippen LogP contribution < -0.4 is 10.3 Å². The Balaban J connectivity index is 1.64. The van der Waals surface area contributed by atoms with Gasteiger partial charge >= 0.3 is 0 Å². The molecule has 0 bridgehead atoms. The topological polar surface area (TPSA) is 61.4 Å². The Morgan fingerprint density at radius 1 is 1.00 bits per heavy atom. The fourth-order valence-corrected chi connectivity index (χ4v) is 3.95. The molecule has 5 rings (SSSR count). The lowest BCUT2D eigenvalue weighted by atomic mass is 10.0. The Kier molecular flexibility index (Phi) is 4.75. The zero-order valence-corrected chi connectivity index (χ0v) is 17.4. The van der Waals surface area contributed by atoms with E-state index in [1.54, 1.807) is 22.4 Å². The standard InChI is InChI=1S/C25H22N4O2/c1-3-21-23(18-7-5-4-6-8-18)24-26-15-20-22(29(24)27-21)13-14-28(25(20)30)16-17-9-11-19(31-2)12-10-17/h4-15H,3,16H2,1-2H3. The monoisotopic (exact) mass is 410 g/mol. The molecule has 0 spiro atoms. The van der Waals surface area contributed by atoms with E-state index in [0.717, 1.165) is 45.7 Å². The van der Waals surface area contributed by atoms with E-state index < -0.39 is 0 Å². The maximum absolute atomic E-state index is 13.2. The van der Waals surface area contributed by atoms with Crippen LogP contribution in [0.2, 0.25) is 0 Å². The second-order valence-corrected chi connectivity index (χ2v) is 7.43. The van der Waals surface area contributed by atoms with E-state index in [4.69, 9.17) is 9.84 Å². The van der Waals surface area contributed by atoms with E-state index in [-0.39, 0.29) is 5.56 Å². The molecule has 5 aromatic rings. The van der Waals surface area contributed by atoms with Gasteiger partial charge < -0.3 is 9.30 Å². The van der Waals surface area contributed by atoms with Crippen molar-refractivity contribution in [2.45, 2.75) is 19.9 Å². The maximum atomic E-state index is 13.2. The SMILES string of the molecule is CCc1nn2c(ncc3c(=O)n(Cc4ccc(OC)cc4)ccc32)c1-c1ccccc1. The molecule has 0 aliphatic rings. The molecule has 6 nitrogen and oxygen atoms in total. The van der Waals surface area contributed by atoms with Gasteiger partial charge in [-0.1, -0.05) is 49.4 Å². The quantitative estimate of drug-likeness (QED) is 0.433. The van der Waals surface area contributed by atoms with Gasteiger partial charge in [0.25, 0.3) is 5.56 Å². The predicted molar refractivity (Wildman–Crippen MR) is 122 cm³/mol. The van der Waals surface area contributed by atoms with Gasteiger partial charge in [0.05, 0.1) is 30.3 Å². The summed E-state index contributed by atoms with van der Waals surface area (Å²) in [5.74, 6) is 0.792.